The molecule has 3 atom stereocenters. The normalized spacial score (nSPS) is 46.4. The smallest absolute Gasteiger partial charge is 0.309 e. The van der Waals surface area contributed by atoms with Crippen LogP contribution in [0, 0.1) is 11.8 Å². The second-order valence-corrected chi connectivity index (χ2v) is 2.73. The van der Waals surface area contributed by atoms with Gasteiger partial charge in [-0.15, -0.1) is 0 Å². The minimum Gasteiger partial charge on any atom is -0.481 e. The van der Waals surface area contributed by atoms with Gasteiger partial charge in [-0.05, 0) is 6.42 Å². The van der Waals surface area contributed by atoms with Crippen LogP contribution >= 0.6 is 0 Å². The molecule has 1 N–H and O–H groups in total. The Balaban J connectivity index is 2.10. The molecule has 2 aliphatic heterocycles. The predicted octanol–water partition coefficient (Wildman–Crippen LogP) is 0.106. The third-order valence-electron chi connectivity index (χ3n) is 2.25. The van der Waals surface area contributed by atoms with Crippen molar-refractivity contribution in [2.75, 3.05) is 6.61 Å². The molecule has 2 heterocycles. The van der Waals surface area contributed by atoms with Crippen LogP contribution in [-0.4, -0.2) is 23.8 Å². The highest BCUT2D eigenvalue weighted by atomic mass is 16.5. The molecule has 0 aromatic heterocycles. The van der Waals surface area contributed by atoms with E-state index in [1.165, 1.54) is 0 Å². The van der Waals surface area contributed by atoms with E-state index in [2.05, 4.69) is 0 Å². The maximum absolute atomic E-state index is 10.4. The van der Waals surface area contributed by atoms with Crippen LogP contribution in [-0.2, 0) is 9.53 Å². The molecule has 2 bridgehead atoms. The molecule has 1 saturated carbocycles. The summed E-state index contributed by atoms with van der Waals surface area (Å²) in [4.78, 5) is 10.4. The van der Waals surface area contributed by atoms with E-state index in [9.17, 15) is 4.79 Å². The number of ether oxygens (including phenoxy) is 1. The number of carboxylic acids is 1. The summed E-state index contributed by atoms with van der Waals surface area (Å²) in [5.41, 5.74) is 0. The lowest BCUT2D eigenvalue weighted by Crippen LogP contribution is -2.39. The highest BCUT2D eigenvalue weighted by Gasteiger charge is 2.52. The number of aliphatic carboxylic acids is 1. The van der Waals surface area contributed by atoms with Gasteiger partial charge in [-0.2, -0.15) is 0 Å². The monoisotopic (exact) mass is 128 g/mol. The average molecular weight is 128 g/mol. The Morgan fingerprint density at radius 1 is 1.67 bits per heavy atom. The van der Waals surface area contributed by atoms with Gasteiger partial charge in [0.25, 0.3) is 0 Å². The molecule has 3 nitrogen and oxygen atoms in total. The van der Waals surface area contributed by atoms with Crippen molar-refractivity contribution in [3.63, 3.8) is 0 Å². The number of rotatable bonds is 1. The molecule has 1 unspecified atom stereocenters. The largest absolute Gasteiger partial charge is 0.481 e. The van der Waals surface area contributed by atoms with Crippen molar-refractivity contribution in [3.05, 3.63) is 0 Å². The first-order valence-electron chi connectivity index (χ1n) is 3.13. The molecule has 0 spiro atoms. The number of hydrogen-bond acceptors (Lipinski definition) is 2. The lowest BCUT2D eigenvalue weighted by Gasteiger charge is -2.28. The summed E-state index contributed by atoms with van der Waals surface area (Å²) < 4.78 is 5.12. The summed E-state index contributed by atoms with van der Waals surface area (Å²) in [6, 6.07) is 0. The first-order valence-corrected chi connectivity index (χ1v) is 3.13. The Morgan fingerprint density at radius 3 is 2.67 bits per heavy atom. The molecule has 2 saturated heterocycles. The van der Waals surface area contributed by atoms with Crippen LogP contribution < -0.4 is 0 Å². The zero-order valence-electron chi connectivity index (χ0n) is 4.91. The Bertz CT molecular complexity index is 140. The molecule has 0 amide bonds. The van der Waals surface area contributed by atoms with Crippen LogP contribution in [0.25, 0.3) is 0 Å². The Labute approximate surface area is 52.6 Å². The van der Waals surface area contributed by atoms with Crippen LogP contribution in [0.15, 0.2) is 0 Å². The second-order valence-electron chi connectivity index (χ2n) is 2.73. The van der Waals surface area contributed by atoms with Gasteiger partial charge in [0.05, 0.1) is 18.6 Å². The number of carbonyl (C=O) groups is 1. The van der Waals surface area contributed by atoms with Crippen molar-refractivity contribution < 1.29 is 14.6 Å². The molecule has 50 valence electrons. The van der Waals surface area contributed by atoms with Crippen LogP contribution in [0.2, 0.25) is 0 Å². The zero-order valence-corrected chi connectivity index (χ0v) is 4.91. The number of carboxylic acid groups (broad SMARTS) is 1. The van der Waals surface area contributed by atoms with E-state index in [0.717, 1.165) is 6.42 Å². The lowest BCUT2D eigenvalue weighted by molar-refractivity contribution is -0.148. The maximum Gasteiger partial charge on any atom is 0.309 e. The van der Waals surface area contributed by atoms with Crippen LogP contribution in [0.5, 0.6) is 0 Å². The van der Waals surface area contributed by atoms with Gasteiger partial charge in [0, 0.05) is 5.92 Å². The first kappa shape index (κ1) is 5.23. The summed E-state index contributed by atoms with van der Waals surface area (Å²) in [5.74, 6) is -0.536. The fourth-order valence-corrected chi connectivity index (χ4v) is 1.65. The van der Waals surface area contributed by atoms with Crippen molar-refractivity contribution in [3.8, 4) is 0 Å². The molecular weight excluding hydrogens is 120 g/mol. The summed E-state index contributed by atoms with van der Waals surface area (Å²) in [7, 11) is 0. The van der Waals surface area contributed by atoms with Gasteiger partial charge in [0.1, 0.15) is 0 Å². The van der Waals surface area contributed by atoms with E-state index in [-0.39, 0.29) is 12.0 Å². The number of fused-ring (bicyclic) bond motifs is 1. The van der Waals surface area contributed by atoms with Crippen LogP contribution in [0.1, 0.15) is 6.42 Å². The van der Waals surface area contributed by atoms with Gasteiger partial charge in [0.2, 0.25) is 0 Å². The van der Waals surface area contributed by atoms with Gasteiger partial charge in [-0.25, -0.2) is 0 Å². The van der Waals surface area contributed by atoms with E-state index < -0.39 is 5.97 Å². The van der Waals surface area contributed by atoms with Crippen molar-refractivity contribution in [1.29, 1.82) is 0 Å². The van der Waals surface area contributed by atoms with Crippen molar-refractivity contribution in [1.82, 2.24) is 0 Å². The molecule has 3 rings (SSSR count). The Kier molecular flexibility index (Phi) is 0.858. The molecule has 1 aliphatic carbocycles. The molecule has 3 aliphatic rings. The molecular formula is C6H8O3. The molecule has 0 aromatic carbocycles. The highest BCUT2D eigenvalue weighted by Crippen LogP contribution is 2.44. The zero-order chi connectivity index (χ0) is 6.43. The summed E-state index contributed by atoms with van der Waals surface area (Å²) in [6.07, 6.45) is 1.02. The Hall–Kier alpha value is -0.570. The van der Waals surface area contributed by atoms with E-state index in [1.54, 1.807) is 0 Å². The van der Waals surface area contributed by atoms with E-state index in [0.29, 0.717) is 12.5 Å². The standard InChI is InChI=1S/C6H8O3/c7-6(8)5-3-1-4(5)9-2-3/h3-5H,1-2H2,(H,7,8)/t3-,4-,5?/m1/s1. The maximum atomic E-state index is 10.4. The fraction of sp³-hybridized carbons (Fsp3) is 0.833. The van der Waals surface area contributed by atoms with Gasteiger partial charge in [-0.3, -0.25) is 4.79 Å². The third kappa shape index (κ3) is 0.525. The van der Waals surface area contributed by atoms with E-state index >= 15 is 0 Å². The Morgan fingerprint density at radius 2 is 2.44 bits per heavy atom. The quantitative estimate of drug-likeness (QED) is 0.545. The summed E-state index contributed by atoms with van der Waals surface area (Å²) in [5, 5.41) is 8.53. The van der Waals surface area contributed by atoms with Crippen LogP contribution in [0.4, 0.5) is 0 Å². The molecule has 0 aromatic rings. The van der Waals surface area contributed by atoms with Crippen LogP contribution in [0.3, 0.4) is 0 Å². The van der Waals surface area contributed by atoms with Gasteiger partial charge in [-0.1, -0.05) is 0 Å². The van der Waals surface area contributed by atoms with Gasteiger partial charge < -0.3 is 9.84 Å². The lowest BCUT2D eigenvalue weighted by atomic mass is 9.74. The topological polar surface area (TPSA) is 46.5 Å². The molecule has 3 fully saturated rings. The molecule has 3 heteroatoms. The highest BCUT2D eigenvalue weighted by molar-refractivity contribution is 5.72. The predicted molar refractivity (Wildman–Crippen MR) is 29.0 cm³/mol. The van der Waals surface area contributed by atoms with E-state index in [1.807, 2.05) is 0 Å². The summed E-state index contributed by atoms with van der Waals surface area (Å²) >= 11 is 0. The summed E-state index contributed by atoms with van der Waals surface area (Å²) in [6.45, 7) is 0.668. The van der Waals surface area contributed by atoms with Gasteiger partial charge >= 0.3 is 5.97 Å². The minimum absolute atomic E-state index is 0.0486. The first-order chi connectivity index (χ1) is 4.29. The van der Waals surface area contributed by atoms with Crippen molar-refractivity contribution in [2.24, 2.45) is 11.8 Å². The molecule has 9 heavy (non-hydrogen) atoms. The SMILES string of the molecule is O=C(O)C1[C@H]2CO[C@@H]1C2. The van der Waals surface area contributed by atoms with Crippen molar-refractivity contribution >= 4 is 5.97 Å². The average Bonchev–Trinajstić information content (AvgIpc) is 2.13. The van der Waals surface area contributed by atoms with Gasteiger partial charge in [0.15, 0.2) is 0 Å². The fourth-order valence-electron chi connectivity index (χ4n) is 1.65. The third-order valence-corrected chi connectivity index (χ3v) is 2.25. The van der Waals surface area contributed by atoms with Crippen molar-refractivity contribution in [2.45, 2.75) is 12.5 Å². The number of hydrogen-bond donors (Lipinski definition) is 1. The molecule has 0 radical (unpaired) electrons. The second kappa shape index (κ2) is 1.48. The minimum atomic E-state index is -0.686. The van der Waals surface area contributed by atoms with E-state index in [4.69, 9.17) is 9.84 Å².